The van der Waals surface area contributed by atoms with Gasteiger partial charge in [0.2, 0.25) is 5.91 Å². The largest absolute Gasteiger partial charge is 0.486 e. The number of carbonyl (C=O) groups is 2. The van der Waals surface area contributed by atoms with E-state index in [1.165, 1.54) is 16.7 Å². The minimum absolute atomic E-state index is 0.0940. The lowest BCUT2D eigenvalue weighted by atomic mass is 10.1. The van der Waals surface area contributed by atoms with Crippen LogP contribution in [-0.2, 0) is 9.59 Å². The van der Waals surface area contributed by atoms with Crippen LogP contribution in [0, 0.1) is 0 Å². The zero-order valence-electron chi connectivity index (χ0n) is 19.0. The van der Waals surface area contributed by atoms with Gasteiger partial charge in [0.25, 0.3) is 5.91 Å². The molecular formula is C27H23ClN2O4S. The number of nitrogens with zero attached hydrogens (tertiary/aromatic N) is 1. The zero-order valence-corrected chi connectivity index (χ0v) is 20.6. The summed E-state index contributed by atoms with van der Waals surface area (Å²) in [4.78, 5) is 29.4. The monoisotopic (exact) mass is 506 g/mol. The van der Waals surface area contributed by atoms with Gasteiger partial charge in [0.15, 0.2) is 11.5 Å². The summed E-state index contributed by atoms with van der Waals surface area (Å²) in [5.41, 5.74) is 2.48. The highest BCUT2D eigenvalue weighted by molar-refractivity contribution is 8.04. The molecule has 5 rings (SSSR count). The number of rotatable bonds is 5. The Kier molecular flexibility index (Phi) is 6.70. The Balaban J connectivity index is 1.34. The predicted octanol–water partition coefficient (Wildman–Crippen LogP) is 5.47. The van der Waals surface area contributed by atoms with Crippen molar-refractivity contribution < 1.29 is 19.1 Å². The molecular weight excluding hydrogens is 484 g/mol. The van der Waals surface area contributed by atoms with E-state index >= 15 is 0 Å². The lowest BCUT2D eigenvalue weighted by Crippen LogP contribution is -2.43. The van der Waals surface area contributed by atoms with Crippen LogP contribution in [0.5, 0.6) is 11.5 Å². The highest BCUT2D eigenvalue weighted by atomic mass is 35.5. The SMILES string of the molecule is CC(NC(=O)CN1C(=O)/C(=C/c2ccc(Cl)cc2)Sc2ccccc21)c1ccc2c(c1)OCCO2. The van der Waals surface area contributed by atoms with Crippen LogP contribution in [0.25, 0.3) is 6.08 Å². The van der Waals surface area contributed by atoms with Crippen molar-refractivity contribution in [1.29, 1.82) is 0 Å². The number of hydrogen-bond acceptors (Lipinski definition) is 5. The fourth-order valence-corrected chi connectivity index (χ4v) is 5.16. The van der Waals surface area contributed by atoms with Crippen LogP contribution in [0.1, 0.15) is 24.1 Å². The number of carbonyl (C=O) groups excluding carboxylic acids is 2. The number of halogens is 1. The Morgan fingerprint density at radius 2 is 1.83 bits per heavy atom. The van der Waals surface area contributed by atoms with Gasteiger partial charge >= 0.3 is 0 Å². The summed E-state index contributed by atoms with van der Waals surface area (Å²) >= 11 is 7.39. The molecule has 2 heterocycles. The molecule has 1 N–H and O–H groups in total. The smallest absolute Gasteiger partial charge is 0.265 e. The summed E-state index contributed by atoms with van der Waals surface area (Å²) in [5, 5.41) is 3.63. The fraction of sp³-hybridized carbons (Fsp3) is 0.185. The quantitative estimate of drug-likeness (QED) is 0.465. The van der Waals surface area contributed by atoms with E-state index in [-0.39, 0.29) is 24.4 Å². The molecule has 0 fully saturated rings. The first-order valence-electron chi connectivity index (χ1n) is 11.2. The molecule has 0 radical (unpaired) electrons. The van der Waals surface area contributed by atoms with E-state index in [1.54, 1.807) is 12.1 Å². The standard InChI is InChI=1S/C27H23ClN2O4S/c1-17(19-8-11-22-23(15-19)34-13-12-33-22)29-26(31)16-30-21-4-2-3-5-24(21)35-25(27(30)32)14-18-6-9-20(28)10-7-18/h2-11,14-15,17H,12-13,16H2,1H3,(H,29,31)/b25-14-. The average molecular weight is 507 g/mol. The van der Waals surface area contributed by atoms with Gasteiger partial charge in [-0.1, -0.05) is 53.7 Å². The van der Waals surface area contributed by atoms with Crippen molar-refractivity contribution in [2.24, 2.45) is 0 Å². The summed E-state index contributed by atoms with van der Waals surface area (Å²) in [5.74, 6) is 0.898. The minimum Gasteiger partial charge on any atom is -0.486 e. The molecule has 0 saturated heterocycles. The summed E-state index contributed by atoms with van der Waals surface area (Å²) in [7, 11) is 0. The van der Waals surface area contributed by atoms with Crippen molar-refractivity contribution >= 4 is 46.9 Å². The normalized spacial score (nSPS) is 16.6. The first kappa shape index (κ1) is 23.3. The maximum absolute atomic E-state index is 13.4. The lowest BCUT2D eigenvalue weighted by Gasteiger charge is -2.30. The van der Waals surface area contributed by atoms with Gasteiger partial charge in [0.05, 0.1) is 16.6 Å². The van der Waals surface area contributed by atoms with Crippen molar-refractivity contribution in [2.45, 2.75) is 17.9 Å². The van der Waals surface area contributed by atoms with E-state index in [9.17, 15) is 9.59 Å². The molecule has 0 bridgehead atoms. The van der Waals surface area contributed by atoms with Crippen molar-refractivity contribution in [3.05, 3.63) is 87.8 Å². The second-order valence-electron chi connectivity index (χ2n) is 8.21. The highest BCUT2D eigenvalue weighted by Crippen LogP contribution is 2.42. The number of hydrogen-bond donors (Lipinski definition) is 1. The number of benzene rings is 3. The van der Waals surface area contributed by atoms with E-state index < -0.39 is 0 Å². The Bertz CT molecular complexity index is 1310. The number of anilines is 1. The van der Waals surface area contributed by atoms with Crippen molar-refractivity contribution in [3.8, 4) is 11.5 Å². The number of amides is 2. The molecule has 2 amide bonds. The Morgan fingerprint density at radius 3 is 2.63 bits per heavy atom. The van der Waals surface area contributed by atoms with Crippen molar-refractivity contribution in [2.75, 3.05) is 24.7 Å². The van der Waals surface area contributed by atoms with Crippen LogP contribution in [-0.4, -0.2) is 31.6 Å². The second kappa shape index (κ2) is 10.1. The average Bonchev–Trinajstić information content (AvgIpc) is 2.87. The first-order chi connectivity index (χ1) is 17.0. The van der Waals surface area contributed by atoms with Crippen LogP contribution in [0.2, 0.25) is 5.02 Å². The summed E-state index contributed by atoms with van der Waals surface area (Å²) in [6.07, 6.45) is 1.82. The molecule has 1 atom stereocenters. The van der Waals surface area contributed by atoms with E-state index in [4.69, 9.17) is 21.1 Å². The second-order valence-corrected chi connectivity index (χ2v) is 9.73. The Labute approximate surface area is 212 Å². The third kappa shape index (κ3) is 5.16. The summed E-state index contributed by atoms with van der Waals surface area (Å²) in [6.45, 7) is 2.83. The molecule has 3 aromatic rings. The van der Waals surface area contributed by atoms with Crippen LogP contribution in [0.3, 0.4) is 0 Å². The topological polar surface area (TPSA) is 67.9 Å². The fourth-order valence-electron chi connectivity index (χ4n) is 3.97. The van der Waals surface area contributed by atoms with Gasteiger partial charge in [0.1, 0.15) is 19.8 Å². The van der Waals surface area contributed by atoms with Crippen LogP contribution < -0.4 is 19.7 Å². The van der Waals surface area contributed by atoms with Gasteiger partial charge in [-0.05, 0) is 60.5 Å². The maximum atomic E-state index is 13.4. The number of fused-ring (bicyclic) bond motifs is 2. The third-order valence-electron chi connectivity index (χ3n) is 5.75. The molecule has 0 saturated carbocycles. The molecule has 1 unspecified atom stereocenters. The maximum Gasteiger partial charge on any atom is 0.265 e. The molecule has 0 spiro atoms. The minimum atomic E-state index is -0.271. The Morgan fingerprint density at radius 1 is 1.09 bits per heavy atom. The molecule has 0 aromatic heterocycles. The van der Waals surface area contributed by atoms with Crippen LogP contribution in [0.15, 0.2) is 76.5 Å². The predicted molar refractivity (Wildman–Crippen MR) is 138 cm³/mol. The van der Waals surface area contributed by atoms with Gasteiger partial charge in [-0.2, -0.15) is 0 Å². The van der Waals surface area contributed by atoms with E-state index in [0.29, 0.717) is 34.6 Å². The number of para-hydroxylation sites is 1. The zero-order chi connectivity index (χ0) is 24.4. The first-order valence-corrected chi connectivity index (χ1v) is 12.4. The molecule has 178 valence electrons. The van der Waals surface area contributed by atoms with E-state index in [2.05, 4.69) is 5.32 Å². The molecule has 0 aliphatic carbocycles. The Hall–Kier alpha value is -3.42. The van der Waals surface area contributed by atoms with Crippen LogP contribution >= 0.6 is 23.4 Å². The molecule has 2 aliphatic rings. The number of nitrogens with one attached hydrogen (secondary N) is 1. The molecule has 6 nitrogen and oxygen atoms in total. The van der Waals surface area contributed by atoms with E-state index in [1.807, 2.05) is 67.6 Å². The van der Waals surface area contributed by atoms with Crippen molar-refractivity contribution in [3.63, 3.8) is 0 Å². The molecule has 8 heteroatoms. The number of ether oxygens (including phenoxy) is 2. The van der Waals surface area contributed by atoms with Crippen molar-refractivity contribution in [1.82, 2.24) is 5.32 Å². The highest BCUT2D eigenvalue weighted by Gasteiger charge is 2.30. The van der Waals surface area contributed by atoms with Gasteiger partial charge in [-0.3, -0.25) is 14.5 Å². The molecule has 2 aliphatic heterocycles. The van der Waals surface area contributed by atoms with Gasteiger partial charge in [0, 0.05) is 9.92 Å². The third-order valence-corrected chi connectivity index (χ3v) is 7.07. The number of thioether (sulfide) groups is 1. The van der Waals surface area contributed by atoms with Crippen LogP contribution in [0.4, 0.5) is 5.69 Å². The summed E-state index contributed by atoms with van der Waals surface area (Å²) in [6, 6.07) is 20.2. The van der Waals surface area contributed by atoms with Gasteiger partial charge in [-0.25, -0.2) is 0 Å². The molecule has 3 aromatic carbocycles. The van der Waals surface area contributed by atoms with E-state index in [0.717, 1.165) is 21.7 Å². The van der Waals surface area contributed by atoms with Gasteiger partial charge in [-0.15, -0.1) is 0 Å². The molecule has 35 heavy (non-hydrogen) atoms. The van der Waals surface area contributed by atoms with Gasteiger partial charge < -0.3 is 14.8 Å². The lowest BCUT2D eigenvalue weighted by molar-refractivity contribution is -0.122. The summed E-state index contributed by atoms with van der Waals surface area (Å²) < 4.78 is 11.2.